The molecule has 1 fully saturated rings. The van der Waals surface area contributed by atoms with E-state index in [9.17, 15) is 0 Å². The van der Waals surface area contributed by atoms with E-state index in [0.717, 1.165) is 25.6 Å². The average molecular weight is 249 g/mol. The quantitative estimate of drug-likeness (QED) is 0.889. The Balaban J connectivity index is 2.27. The molecule has 1 N–H and O–H groups in total. The summed E-state index contributed by atoms with van der Waals surface area (Å²) in [6, 6.07) is 4.59. The molecule has 1 unspecified atom stereocenters. The highest BCUT2D eigenvalue weighted by Gasteiger charge is 2.31. The fourth-order valence-corrected chi connectivity index (χ4v) is 2.30. The first-order valence-electron chi connectivity index (χ1n) is 6.53. The molecule has 18 heavy (non-hydrogen) atoms. The predicted molar refractivity (Wildman–Crippen MR) is 74.0 cm³/mol. The number of hydrogen-bond donors (Lipinski definition) is 1. The Morgan fingerprint density at radius 2 is 2.28 bits per heavy atom. The summed E-state index contributed by atoms with van der Waals surface area (Å²) >= 11 is 0. The van der Waals surface area contributed by atoms with Crippen LogP contribution in [0.4, 0.5) is 5.82 Å². The molecule has 0 amide bonds. The summed E-state index contributed by atoms with van der Waals surface area (Å²) < 4.78 is 5.55. The zero-order valence-corrected chi connectivity index (χ0v) is 11.7. The van der Waals surface area contributed by atoms with Crippen LogP contribution < -0.4 is 10.2 Å². The standard InChI is InChI=1S/C14H23N3O/c1-11(15-4)12-5-6-16-13(9-12)17-7-8-18-10-14(17,2)3/h5-6,9,11,15H,7-8,10H2,1-4H3. The second-order valence-corrected chi connectivity index (χ2v) is 5.47. The lowest BCUT2D eigenvalue weighted by Crippen LogP contribution is -2.53. The SMILES string of the molecule is CNC(C)c1ccnc(N2CCOCC2(C)C)c1. The topological polar surface area (TPSA) is 37.4 Å². The minimum absolute atomic E-state index is 0.00670. The molecule has 4 heteroatoms. The number of rotatable bonds is 3. The number of morpholine rings is 1. The van der Waals surface area contributed by atoms with E-state index in [0.29, 0.717) is 6.04 Å². The summed E-state index contributed by atoms with van der Waals surface area (Å²) in [7, 11) is 1.98. The van der Waals surface area contributed by atoms with E-state index in [1.54, 1.807) is 0 Å². The number of nitrogens with zero attached hydrogens (tertiary/aromatic N) is 2. The zero-order valence-electron chi connectivity index (χ0n) is 11.7. The molecule has 0 saturated carbocycles. The van der Waals surface area contributed by atoms with Gasteiger partial charge in [0, 0.05) is 18.8 Å². The van der Waals surface area contributed by atoms with Crippen LogP contribution in [0.3, 0.4) is 0 Å². The van der Waals surface area contributed by atoms with E-state index >= 15 is 0 Å². The third-order valence-electron chi connectivity index (χ3n) is 3.62. The number of pyridine rings is 1. The maximum Gasteiger partial charge on any atom is 0.129 e. The van der Waals surface area contributed by atoms with Gasteiger partial charge < -0.3 is 15.0 Å². The van der Waals surface area contributed by atoms with Crippen molar-refractivity contribution < 1.29 is 4.74 Å². The van der Waals surface area contributed by atoms with Gasteiger partial charge in [0.2, 0.25) is 0 Å². The highest BCUT2D eigenvalue weighted by atomic mass is 16.5. The van der Waals surface area contributed by atoms with Crippen molar-refractivity contribution in [3.05, 3.63) is 23.9 Å². The molecule has 1 aromatic rings. The van der Waals surface area contributed by atoms with Crippen LogP contribution in [0.15, 0.2) is 18.3 Å². The molecule has 2 heterocycles. The maximum absolute atomic E-state index is 5.55. The molecule has 0 bridgehead atoms. The largest absolute Gasteiger partial charge is 0.377 e. The highest BCUT2D eigenvalue weighted by molar-refractivity contribution is 5.45. The summed E-state index contributed by atoms with van der Waals surface area (Å²) in [6.45, 7) is 8.97. The molecule has 1 aliphatic rings. The second-order valence-electron chi connectivity index (χ2n) is 5.47. The van der Waals surface area contributed by atoms with Gasteiger partial charge >= 0.3 is 0 Å². The molecule has 2 rings (SSSR count). The molecule has 0 radical (unpaired) electrons. The molecule has 0 spiro atoms. The fraction of sp³-hybridized carbons (Fsp3) is 0.643. The Kier molecular flexibility index (Phi) is 3.88. The number of anilines is 1. The second kappa shape index (κ2) is 5.24. The van der Waals surface area contributed by atoms with Crippen LogP contribution in [0.1, 0.15) is 32.4 Å². The van der Waals surface area contributed by atoms with E-state index in [1.165, 1.54) is 5.56 Å². The van der Waals surface area contributed by atoms with Gasteiger partial charge in [-0.05, 0) is 45.5 Å². The zero-order chi connectivity index (χ0) is 13.2. The molecule has 4 nitrogen and oxygen atoms in total. The molecular formula is C14H23N3O. The first-order chi connectivity index (χ1) is 8.54. The molecule has 1 atom stereocenters. The number of hydrogen-bond acceptors (Lipinski definition) is 4. The Morgan fingerprint density at radius 3 is 2.94 bits per heavy atom. The molecule has 0 aromatic carbocycles. The molecule has 100 valence electrons. The van der Waals surface area contributed by atoms with Crippen LogP contribution in [0.2, 0.25) is 0 Å². The summed E-state index contributed by atoms with van der Waals surface area (Å²) in [4.78, 5) is 6.85. The van der Waals surface area contributed by atoms with Crippen molar-refractivity contribution in [3.63, 3.8) is 0 Å². The highest BCUT2D eigenvalue weighted by Crippen LogP contribution is 2.26. The average Bonchev–Trinajstić information content (AvgIpc) is 2.37. The van der Waals surface area contributed by atoms with E-state index in [4.69, 9.17) is 4.74 Å². The van der Waals surface area contributed by atoms with Crippen LogP contribution in [0.25, 0.3) is 0 Å². The van der Waals surface area contributed by atoms with Crippen molar-refractivity contribution in [2.45, 2.75) is 32.4 Å². The van der Waals surface area contributed by atoms with Crippen molar-refractivity contribution in [2.24, 2.45) is 0 Å². The van der Waals surface area contributed by atoms with Gasteiger partial charge in [0.05, 0.1) is 18.8 Å². The summed E-state index contributed by atoms with van der Waals surface area (Å²) in [5.74, 6) is 1.04. The van der Waals surface area contributed by atoms with Crippen LogP contribution in [-0.4, -0.2) is 37.3 Å². The molecule has 1 aliphatic heterocycles. The predicted octanol–water partition coefficient (Wildman–Crippen LogP) is 1.98. The fourth-order valence-electron chi connectivity index (χ4n) is 2.30. The van der Waals surface area contributed by atoms with Gasteiger partial charge in [-0.3, -0.25) is 0 Å². The van der Waals surface area contributed by atoms with E-state index in [2.05, 4.69) is 48.1 Å². The third kappa shape index (κ3) is 2.65. The Hall–Kier alpha value is -1.13. The van der Waals surface area contributed by atoms with E-state index in [-0.39, 0.29) is 5.54 Å². The normalized spacial score (nSPS) is 20.8. The van der Waals surface area contributed by atoms with Crippen LogP contribution >= 0.6 is 0 Å². The van der Waals surface area contributed by atoms with Crippen molar-refractivity contribution in [1.29, 1.82) is 0 Å². The summed E-state index contributed by atoms with van der Waals surface area (Å²) in [5.41, 5.74) is 1.28. The minimum Gasteiger partial charge on any atom is -0.377 e. The Labute approximate surface area is 109 Å². The van der Waals surface area contributed by atoms with Crippen molar-refractivity contribution in [1.82, 2.24) is 10.3 Å². The lowest BCUT2D eigenvalue weighted by molar-refractivity contribution is 0.0639. The van der Waals surface area contributed by atoms with Gasteiger partial charge in [0.25, 0.3) is 0 Å². The van der Waals surface area contributed by atoms with Crippen molar-refractivity contribution in [3.8, 4) is 0 Å². The monoisotopic (exact) mass is 249 g/mol. The first-order valence-corrected chi connectivity index (χ1v) is 6.53. The van der Waals surface area contributed by atoms with Gasteiger partial charge in [0.1, 0.15) is 5.82 Å². The van der Waals surface area contributed by atoms with Crippen molar-refractivity contribution >= 4 is 5.82 Å². The molecule has 0 aliphatic carbocycles. The molecular weight excluding hydrogens is 226 g/mol. The minimum atomic E-state index is 0.00670. The number of nitrogens with one attached hydrogen (secondary N) is 1. The Bertz CT molecular complexity index is 406. The van der Waals surface area contributed by atoms with Crippen molar-refractivity contribution in [2.75, 3.05) is 31.7 Å². The lowest BCUT2D eigenvalue weighted by atomic mass is 10.0. The number of ether oxygens (including phenoxy) is 1. The first kappa shape index (κ1) is 13.3. The van der Waals surface area contributed by atoms with Gasteiger partial charge in [-0.25, -0.2) is 4.98 Å². The summed E-state index contributed by atoms with van der Waals surface area (Å²) in [5, 5.41) is 3.26. The van der Waals surface area contributed by atoms with E-state index < -0.39 is 0 Å². The number of aromatic nitrogens is 1. The molecule has 1 aromatic heterocycles. The summed E-state index contributed by atoms with van der Waals surface area (Å²) in [6.07, 6.45) is 1.89. The maximum atomic E-state index is 5.55. The van der Waals surface area contributed by atoms with Gasteiger partial charge in [-0.2, -0.15) is 0 Å². The van der Waals surface area contributed by atoms with Crippen LogP contribution in [0.5, 0.6) is 0 Å². The smallest absolute Gasteiger partial charge is 0.129 e. The molecule has 1 saturated heterocycles. The van der Waals surface area contributed by atoms with Crippen LogP contribution in [-0.2, 0) is 4.74 Å². The van der Waals surface area contributed by atoms with E-state index in [1.807, 2.05) is 13.2 Å². The Morgan fingerprint density at radius 1 is 1.50 bits per heavy atom. The third-order valence-corrected chi connectivity index (χ3v) is 3.62. The van der Waals surface area contributed by atoms with Gasteiger partial charge in [-0.1, -0.05) is 0 Å². The lowest BCUT2D eigenvalue weighted by Gasteiger charge is -2.43. The van der Waals surface area contributed by atoms with Gasteiger partial charge in [-0.15, -0.1) is 0 Å². The van der Waals surface area contributed by atoms with Crippen LogP contribution in [0, 0.1) is 0 Å². The van der Waals surface area contributed by atoms with Gasteiger partial charge in [0.15, 0.2) is 0 Å².